The van der Waals surface area contributed by atoms with Crippen LogP contribution in [0, 0.1) is 23.7 Å². The predicted octanol–water partition coefficient (Wildman–Crippen LogP) is 14.5. The van der Waals surface area contributed by atoms with Crippen LogP contribution in [0.3, 0.4) is 0 Å². The molecule has 392 valence electrons. The van der Waals surface area contributed by atoms with Crippen molar-refractivity contribution in [2.45, 2.75) is 49.1 Å². The molecule has 0 spiro atoms. The van der Waals surface area contributed by atoms with Crippen LogP contribution in [0.25, 0.3) is 42.5 Å². The van der Waals surface area contributed by atoms with E-state index < -0.39 is 24.9 Å². The van der Waals surface area contributed by atoms with Crippen LogP contribution < -0.4 is 0 Å². The van der Waals surface area contributed by atoms with Crippen LogP contribution in [0.5, 0.6) is 0 Å². The molecule has 2 N–H and O–H groups in total. The van der Waals surface area contributed by atoms with Crippen LogP contribution in [-0.2, 0) is 53.1 Å². The third-order valence-corrected chi connectivity index (χ3v) is 13.7. The molecule has 75 heavy (non-hydrogen) atoms. The van der Waals surface area contributed by atoms with Crippen LogP contribution in [0.4, 0.5) is 22.7 Å². The minimum absolute atomic E-state index is 0. The number of hydrogen-bond donors (Lipinski definition) is 0. The van der Waals surface area contributed by atoms with Gasteiger partial charge in [-0.25, -0.2) is 0 Å². The van der Waals surface area contributed by atoms with Gasteiger partial charge in [-0.05, 0) is 24.9 Å². The van der Waals surface area contributed by atoms with E-state index in [0.29, 0.717) is 26.2 Å². The molecule has 4 aromatic carbocycles. The molecule has 13 nitrogen and oxygen atoms in total. The molecule has 6 aliphatic rings. The molecule has 10 rings (SSSR count). The minimum atomic E-state index is -0.422. The summed E-state index contributed by atoms with van der Waals surface area (Å²) in [5, 5.41) is 40.5. The molecule has 4 aliphatic carbocycles. The van der Waals surface area contributed by atoms with Crippen LogP contribution in [0.2, 0.25) is 0 Å². The monoisotopic (exact) mass is 1090 g/mol. The van der Waals surface area contributed by atoms with E-state index in [1.165, 1.54) is 0 Å². The Kier molecular flexibility index (Phi) is 23.4. The van der Waals surface area contributed by atoms with Gasteiger partial charge in [0.05, 0.1) is 0 Å². The summed E-state index contributed by atoms with van der Waals surface area (Å²) in [6, 6.07) is 32.2. The molecule has 12 unspecified atom stereocenters. The van der Waals surface area contributed by atoms with Crippen LogP contribution in [0.15, 0.2) is 194 Å². The van der Waals surface area contributed by atoms with Gasteiger partial charge in [0, 0.05) is 28.4 Å². The number of para-hydroxylation sites is 4. The second-order valence-corrected chi connectivity index (χ2v) is 18.2. The van der Waals surface area contributed by atoms with E-state index in [9.17, 15) is 0 Å². The van der Waals surface area contributed by atoms with E-state index in [1.807, 2.05) is 97.1 Å². The maximum atomic E-state index is 5.89. The Hall–Kier alpha value is -5.32. The quantitative estimate of drug-likeness (QED) is 0.185. The van der Waals surface area contributed by atoms with Crippen molar-refractivity contribution in [1.82, 2.24) is 0 Å². The first-order valence-electron chi connectivity index (χ1n) is 24.9. The second-order valence-electron chi connectivity index (χ2n) is 18.2. The molecular formula is C60H66Fe2N8O5. The summed E-state index contributed by atoms with van der Waals surface area (Å²) in [7, 11) is 6.82. The molecule has 12 atom stereocenters. The molecule has 15 heteroatoms. The Morgan fingerprint density at radius 1 is 0.307 bits per heavy atom. The van der Waals surface area contributed by atoms with E-state index in [4.69, 9.17) is 61.5 Å². The normalized spacial score (nSPS) is 28.5. The first kappa shape index (κ1) is 58.9. The van der Waals surface area contributed by atoms with Gasteiger partial charge in [-0.2, -0.15) is 0 Å². The largest absolute Gasteiger partial charge is 4.00 e. The van der Waals surface area contributed by atoms with E-state index in [-0.39, 0.29) is 87.5 Å². The number of rotatable bonds is 4. The number of allylic oxidation sites excluding steroid dienone is 8. The first-order chi connectivity index (χ1) is 35.5. The average Bonchev–Trinajstić information content (AvgIpc) is 3.43. The van der Waals surface area contributed by atoms with Gasteiger partial charge < -0.3 is 67.0 Å². The molecular weight excluding hydrogens is 1020 g/mol. The Bertz CT molecular complexity index is 2300. The molecule has 0 bridgehead atoms. The van der Waals surface area contributed by atoms with Crippen molar-refractivity contribution in [2.24, 2.45) is 23.7 Å². The van der Waals surface area contributed by atoms with Gasteiger partial charge in [0.15, 0.2) is 0 Å². The zero-order valence-corrected chi connectivity index (χ0v) is 44.9. The van der Waals surface area contributed by atoms with E-state index in [1.54, 1.807) is 28.4 Å². The Balaban J connectivity index is 0.000000234. The molecule has 0 saturated carbocycles. The van der Waals surface area contributed by atoms with Gasteiger partial charge in [-0.3, -0.25) is 0 Å². The molecule has 0 amide bonds. The van der Waals surface area contributed by atoms with Gasteiger partial charge >= 0.3 is 34.1 Å². The van der Waals surface area contributed by atoms with Crippen molar-refractivity contribution in [3.63, 3.8) is 0 Å². The molecule has 2 heterocycles. The molecule has 0 aromatic heterocycles. The summed E-state index contributed by atoms with van der Waals surface area (Å²) in [4.78, 5) is 0. The first-order valence-corrected chi connectivity index (χ1v) is 24.9. The smallest absolute Gasteiger partial charge is 0.684 e. The third kappa shape index (κ3) is 15.0. The summed E-state index contributed by atoms with van der Waals surface area (Å²) < 4.78 is 23.5. The molecule has 0 saturated heterocycles. The van der Waals surface area contributed by atoms with Gasteiger partial charge in [-0.1, -0.05) is 216 Å². The number of ether oxygens (including phenoxy) is 4. The Morgan fingerprint density at radius 3 is 0.720 bits per heavy atom. The number of methoxy groups -OCH3 is 4. The summed E-state index contributed by atoms with van der Waals surface area (Å²) in [6.07, 6.45) is 32.0. The zero-order valence-electron chi connectivity index (χ0n) is 42.6. The number of hydrogen-bond acceptors (Lipinski definition) is 4. The van der Waals surface area contributed by atoms with E-state index in [0.717, 1.165) is 45.0 Å². The van der Waals surface area contributed by atoms with Crippen molar-refractivity contribution in [3.8, 4) is 0 Å². The molecule has 0 fully saturated rings. The van der Waals surface area contributed by atoms with Gasteiger partial charge in [0.25, 0.3) is 0 Å². The molecule has 0 radical (unpaired) electrons. The molecule has 2 aliphatic heterocycles. The van der Waals surface area contributed by atoms with E-state index in [2.05, 4.69) is 97.2 Å². The maximum absolute atomic E-state index is 5.89. The SMILES string of the molecule is COC1[N-]C2C=CC=CC2C[N-]c2ccccc2C(OC)[N-]C2C=CC=CC2C[N-]c2ccccc21.COC1[N-]C2C=CC=CC2C[N-]c2ccccc2C(OC)[N-]C2C=CC=CC2C[N-]c2ccccc21.O.[Fe+4].[Fe+4]. The summed E-state index contributed by atoms with van der Waals surface area (Å²) in [5.74, 6) is 0.468. The second kappa shape index (κ2) is 29.8. The number of nitrogens with zero attached hydrogens (tertiary/aromatic N) is 8. The van der Waals surface area contributed by atoms with Crippen LogP contribution >= 0.6 is 0 Å². The summed E-state index contributed by atoms with van der Waals surface area (Å²) in [5.41, 5.74) is 7.45. The van der Waals surface area contributed by atoms with Gasteiger partial charge in [0.2, 0.25) is 0 Å². The Morgan fingerprint density at radius 2 is 0.507 bits per heavy atom. The molecule has 4 aromatic rings. The number of benzene rings is 4. The average molecular weight is 1090 g/mol. The van der Waals surface area contributed by atoms with Gasteiger partial charge in [-0.15, -0.1) is 97.4 Å². The summed E-state index contributed by atoms with van der Waals surface area (Å²) in [6.45, 7) is 2.39. The van der Waals surface area contributed by atoms with Crippen molar-refractivity contribution in [1.29, 1.82) is 0 Å². The zero-order chi connectivity index (χ0) is 49.5. The van der Waals surface area contributed by atoms with E-state index >= 15 is 0 Å². The number of fused-ring (bicyclic) bond motifs is 8. The van der Waals surface area contributed by atoms with Crippen molar-refractivity contribution in [3.05, 3.63) is 259 Å². The standard InChI is InChI=1S/2C30H32N4O2.2Fe.H2O/c2*1-35-29-23-13-5-9-17-27(23)31-20-22-12-4-8-16-26(22)34-30(36-2)24-14-6-10-18-28(24)32-19-21-11-3-7-15-25(21)33-29;;;/h2*3-18,21-22,25-26,29-30H,19-20H2,1-2H3;;;1H2/q2*-4;2*+4;. The summed E-state index contributed by atoms with van der Waals surface area (Å²) >= 11 is 0. The predicted molar refractivity (Wildman–Crippen MR) is 296 cm³/mol. The van der Waals surface area contributed by atoms with Crippen molar-refractivity contribution >= 4 is 22.7 Å². The minimum Gasteiger partial charge on any atom is -0.684 e. The third-order valence-electron chi connectivity index (χ3n) is 13.7. The fraction of sp³-hybridized carbons (Fsp3) is 0.333. The fourth-order valence-corrected chi connectivity index (χ4v) is 9.76. The van der Waals surface area contributed by atoms with Crippen LogP contribution in [0.1, 0.15) is 47.2 Å². The topological polar surface area (TPSA) is 181 Å². The van der Waals surface area contributed by atoms with Gasteiger partial charge in [0.1, 0.15) is 0 Å². The maximum Gasteiger partial charge on any atom is 4.00 e. The van der Waals surface area contributed by atoms with Crippen molar-refractivity contribution in [2.75, 3.05) is 54.6 Å². The fourth-order valence-electron chi connectivity index (χ4n) is 9.76. The van der Waals surface area contributed by atoms with Crippen molar-refractivity contribution < 1.29 is 58.6 Å². The Labute approximate surface area is 465 Å². The van der Waals surface area contributed by atoms with Crippen LogP contribution in [-0.4, -0.2) is 84.3 Å².